The van der Waals surface area contributed by atoms with Gasteiger partial charge in [0, 0.05) is 5.56 Å². The SMILES string of the molecule is C/C=C/CCc1ccc(-c2ccc(C)cc2-c2cc(CC)ccc2-c2ccc(-c3ccc(CCC)cc3)c(F)c2)cc1. The summed E-state index contributed by atoms with van der Waals surface area (Å²) in [5.41, 5.74) is 13.3. The first-order valence-electron chi connectivity index (χ1n) is 15.3. The molecule has 0 aliphatic rings. The van der Waals surface area contributed by atoms with Crippen LogP contribution in [0.25, 0.3) is 44.5 Å². The lowest BCUT2D eigenvalue weighted by Gasteiger charge is -2.18. The standard InChI is InChI=1S/C41H41F/c1-5-8-9-11-32-15-18-33(19-16-32)36-23-12-29(4)26-39(36)40-27-30(7-3)17-24-37(40)35-22-25-38(41(42)28-35)34-20-13-31(10-6-2)14-21-34/h5,8,12-28H,6-7,9-11H2,1-4H3/b8-5+. The summed E-state index contributed by atoms with van der Waals surface area (Å²) in [4.78, 5) is 0. The minimum absolute atomic E-state index is 0.195. The Hall–Kier alpha value is -4.23. The Kier molecular flexibility index (Phi) is 9.49. The summed E-state index contributed by atoms with van der Waals surface area (Å²) in [6, 6.07) is 36.3. The van der Waals surface area contributed by atoms with Crippen LogP contribution in [0.2, 0.25) is 0 Å². The molecule has 0 unspecified atom stereocenters. The Balaban J connectivity index is 1.57. The number of rotatable bonds is 10. The van der Waals surface area contributed by atoms with Gasteiger partial charge in [0.2, 0.25) is 0 Å². The lowest BCUT2D eigenvalue weighted by atomic mass is 9.86. The van der Waals surface area contributed by atoms with Crippen molar-refractivity contribution in [1.29, 1.82) is 0 Å². The maximum absolute atomic E-state index is 15.7. The van der Waals surface area contributed by atoms with Crippen LogP contribution in [0.3, 0.4) is 0 Å². The molecule has 0 radical (unpaired) electrons. The molecule has 0 nitrogen and oxygen atoms in total. The second-order valence-corrected chi connectivity index (χ2v) is 11.2. The summed E-state index contributed by atoms with van der Waals surface area (Å²) in [5.74, 6) is -0.195. The fourth-order valence-electron chi connectivity index (χ4n) is 5.74. The molecule has 5 aromatic rings. The molecule has 0 saturated heterocycles. The van der Waals surface area contributed by atoms with Crippen LogP contribution in [0.5, 0.6) is 0 Å². The molecule has 0 heterocycles. The largest absolute Gasteiger partial charge is 0.206 e. The predicted molar refractivity (Wildman–Crippen MR) is 179 cm³/mol. The average molecular weight is 553 g/mol. The zero-order valence-electron chi connectivity index (χ0n) is 25.4. The monoisotopic (exact) mass is 552 g/mol. The topological polar surface area (TPSA) is 0 Å². The molecule has 0 aliphatic carbocycles. The summed E-state index contributed by atoms with van der Waals surface area (Å²) in [6.07, 6.45) is 9.51. The van der Waals surface area contributed by atoms with Crippen LogP contribution >= 0.6 is 0 Å². The van der Waals surface area contributed by atoms with Gasteiger partial charge >= 0.3 is 0 Å². The van der Waals surface area contributed by atoms with Crippen LogP contribution in [-0.2, 0) is 19.3 Å². The molecule has 5 rings (SSSR count). The molecule has 42 heavy (non-hydrogen) atoms. The molecular weight excluding hydrogens is 511 g/mol. The van der Waals surface area contributed by atoms with Crippen molar-refractivity contribution in [3.63, 3.8) is 0 Å². The van der Waals surface area contributed by atoms with Gasteiger partial charge < -0.3 is 0 Å². The summed E-state index contributed by atoms with van der Waals surface area (Å²) in [6.45, 7) is 8.57. The smallest absolute Gasteiger partial charge is 0.131 e. The highest BCUT2D eigenvalue weighted by molar-refractivity contribution is 5.92. The van der Waals surface area contributed by atoms with Gasteiger partial charge in [-0.15, -0.1) is 0 Å². The van der Waals surface area contributed by atoms with Gasteiger partial charge in [-0.05, 0) is 101 Å². The zero-order chi connectivity index (χ0) is 29.5. The zero-order valence-corrected chi connectivity index (χ0v) is 25.4. The molecule has 0 saturated carbocycles. The fraction of sp³-hybridized carbons (Fsp3) is 0.220. The normalized spacial score (nSPS) is 11.4. The van der Waals surface area contributed by atoms with E-state index in [4.69, 9.17) is 0 Å². The Labute approximate surface area is 251 Å². The molecule has 0 N–H and O–H groups in total. The van der Waals surface area contributed by atoms with Crippen LogP contribution in [0.1, 0.15) is 55.9 Å². The Morgan fingerprint density at radius 2 is 1.10 bits per heavy atom. The van der Waals surface area contributed by atoms with Gasteiger partial charge in [0.25, 0.3) is 0 Å². The predicted octanol–water partition coefficient (Wildman–Crippen LogP) is 11.8. The Morgan fingerprint density at radius 1 is 0.548 bits per heavy atom. The summed E-state index contributed by atoms with van der Waals surface area (Å²) in [7, 11) is 0. The van der Waals surface area contributed by atoms with Gasteiger partial charge in [-0.2, -0.15) is 0 Å². The summed E-state index contributed by atoms with van der Waals surface area (Å²) >= 11 is 0. The molecule has 0 amide bonds. The van der Waals surface area contributed by atoms with Crippen molar-refractivity contribution >= 4 is 0 Å². The molecule has 0 fully saturated rings. The molecule has 0 aromatic heterocycles. The molecule has 0 atom stereocenters. The van der Waals surface area contributed by atoms with Gasteiger partial charge in [0.05, 0.1) is 0 Å². The maximum Gasteiger partial charge on any atom is 0.131 e. The first-order chi connectivity index (χ1) is 20.5. The van der Waals surface area contributed by atoms with E-state index in [-0.39, 0.29) is 5.82 Å². The van der Waals surface area contributed by atoms with Crippen LogP contribution in [0, 0.1) is 12.7 Å². The lowest BCUT2D eigenvalue weighted by molar-refractivity contribution is 0.632. The third-order valence-electron chi connectivity index (χ3n) is 8.14. The summed E-state index contributed by atoms with van der Waals surface area (Å²) < 4.78 is 15.7. The first-order valence-corrected chi connectivity index (χ1v) is 15.3. The summed E-state index contributed by atoms with van der Waals surface area (Å²) in [5, 5.41) is 0. The quantitative estimate of drug-likeness (QED) is 0.151. The van der Waals surface area contributed by atoms with Gasteiger partial charge in [-0.3, -0.25) is 0 Å². The first kappa shape index (κ1) is 29.3. The van der Waals surface area contributed by atoms with Crippen molar-refractivity contribution in [2.24, 2.45) is 0 Å². The van der Waals surface area contributed by atoms with Gasteiger partial charge in [0.1, 0.15) is 5.82 Å². The van der Waals surface area contributed by atoms with Crippen LogP contribution in [-0.4, -0.2) is 0 Å². The van der Waals surface area contributed by atoms with Crippen LogP contribution < -0.4 is 0 Å². The molecule has 0 bridgehead atoms. The van der Waals surface area contributed by atoms with E-state index >= 15 is 4.39 Å². The third kappa shape index (κ3) is 6.63. The van der Waals surface area contributed by atoms with Crippen molar-refractivity contribution < 1.29 is 4.39 Å². The van der Waals surface area contributed by atoms with E-state index in [0.29, 0.717) is 5.56 Å². The van der Waals surface area contributed by atoms with Crippen molar-refractivity contribution in [3.8, 4) is 44.5 Å². The van der Waals surface area contributed by atoms with E-state index in [2.05, 4.69) is 119 Å². The van der Waals surface area contributed by atoms with Crippen molar-refractivity contribution in [3.05, 3.63) is 143 Å². The molecule has 0 aliphatic heterocycles. The van der Waals surface area contributed by atoms with E-state index in [1.165, 1.54) is 38.9 Å². The number of halogens is 1. The molecular formula is C41H41F. The fourth-order valence-corrected chi connectivity index (χ4v) is 5.74. The Bertz CT molecular complexity index is 1670. The lowest BCUT2D eigenvalue weighted by Crippen LogP contribution is -1.94. The average Bonchev–Trinajstić information content (AvgIpc) is 3.02. The van der Waals surface area contributed by atoms with E-state index < -0.39 is 0 Å². The van der Waals surface area contributed by atoms with Crippen molar-refractivity contribution in [2.45, 2.75) is 59.8 Å². The van der Waals surface area contributed by atoms with Gasteiger partial charge in [-0.25, -0.2) is 4.39 Å². The van der Waals surface area contributed by atoms with Crippen LogP contribution in [0.4, 0.5) is 4.39 Å². The number of hydrogen-bond acceptors (Lipinski definition) is 0. The van der Waals surface area contributed by atoms with Gasteiger partial charge in [0.15, 0.2) is 0 Å². The molecule has 5 aromatic carbocycles. The number of hydrogen-bond donors (Lipinski definition) is 0. The van der Waals surface area contributed by atoms with Crippen LogP contribution in [0.15, 0.2) is 115 Å². The molecule has 1 heteroatoms. The maximum atomic E-state index is 15.7. The van der Waals surface area contributed by atoms with Gasteiger partial charge in [-0.1, -0.05) is 135 Å². The highest BCUT2D eigenvalue weighted by atomic mass is 19.1. The van der Waals surface area contributed by atoms with E-state index in [1.54, 1.807) is 6.07 Å². The number of aryl methyl sites for hydroxylation is 4. The third-order valence-corrected chi connectivity index (χ3v) is 8.14. The van der Waals surface area contributed by atoms with Crippen molar-refractivity contribution in [1.82, 2.24) is 0 Å². The second kappa shape index (κ2) is 13.6. The minimum Gasteiger partial charge on any atom is -0.206 e. The highest BCUT2D eigenvalue weighted by Crippen LogP contribution is 2.40. The minimum atomic E-state index is -0.195. The van der Waals surface area contributed by atoms with E-state index in [0.717, 1.165) is 54.4 Å². The molecule has 0 spiro atoms. The molecule has 212 valence electrons. The Morgan fingerprint density at radius 3 is 1.74 bits per heavy atom. The van der Waals surface area contributed by atoms with E-state index in [1.807, 2.05) is 18.2 Å². The second-order valence-electron chi connectivity index (χ2n) is 11.2. The highest BCUT2D eigenvalue weighted by Gasteiger charge is 2.16. The number of allylic oxidation sites excluding steroid dienone is 2. The van der Waals surface area contributed by atoms with E-state index in [9.17, 15) is 0 Å². The van der Waals surface area contributed by atoms with Crippen molar-refractivity contribution in [2.75, 3.05) is 0 Å². The number of benzene rings is 5.